The van der Waals surface area contributed by atoms with E-state index in [0.29, 0.717) is 11.3 Å². The molecule has 0 saturated carbocycles. The number of phenolic OH excluding ortho intramolecular Hbond substituents is 1. The number of rotatable bonds is 8. The molecule has 3 rings (SSSR count). The van der Waals surface area contributed by atoms with Gasteiger partial charge in [0.2, 0.25) is 0 Å². The van der Waals surface area contributed by atoms with E-state index >= 15 is 0 Å². The average Bonchev–Trinajstić information content (AvgIpc) is 2.99. The Morgan fingerprint density at radius 2 is 1.68 bits per heavy atom. The SMILES string of the molecule is CCCCCCCCc1c(-c2ccc3ccccc3c2O)[nH][nH]c1=O. The molecule has 0 bridgehead atoms. The van der Waals surface area contributed by atoms with Crippen molar-refractivity contribution in [2.75, 3.05) is 0 Å². The van der Waals surface area contributed by atoms with Gasteiger partial charge in [0.25, 0.3) is 5.56 Å². The van der Waals surface area contributed by atoms with E-state index in [1.165, 1.54) is 25.7 Å². The molecule has 4 nitrogen and oxygen atoms in total. The number of aromatic nitrogens is 2. The third-order valence-corrected chi connectivity index (χ3v) is 4.83. The molecule has 3 N–H and O–H groups in total. The summed E-state index contributed by atoms with van der Waals surface area (Å²) in [6.45, 7) is 2.21. The minimum Gasteiger partial charge on any atom is -0.507 e. The summed E-state index contributed by atoms with van der Waals surface area (Å²) < 4.78 is 0. The minimum absolute atomic E-state index is 0.0869. The summed E-state index contributed by atoms with van der Waals surface area (Å²) in [5.74, 6) is 0.220. The monoisotopic (exact) mass is 338 g/mol. The van der Waals surface area contributed by atoms with E-state index in [2.05, 4.69) is 17.1 Å². The van der Waals surface area contributed by atoms with Crippen LogP contribution in [0.1, 0.15) is 51.0 Å². The summed E-state index contributed by atoms with van der Waals surface area (Å²) in [5, 5.41) is 18.1. The second-order valence-corrected chi connectivity index (χ2v) is 6.63. The number of nitrogens with one attached hydrogen (secondary N) is 2. The number of aromatic hydroxyl groups is 1. The molecule has 0 atom stereocenters. The Hall–Kier alpha value is -2.49. The van der Waals surface area contributed by atoms with Crippen LogP contribution in [0.4, 0.5) is 0 Å². The van der Waals surface area contributed by atoms with Crippen molar-refractivity contribution >= 4 is 10.8 Å². The van der Waals surface area contributed by atoms with Gasteiger partial charge >= 0.3 is 0 Å². The first kappa shape index (κ1) is 17.3. The van der Waals surface area contributed by atoms with Crippen molar-refractivity contribution in [2.45, 2.75) is 51.9 Å². The number of H-pyrrole nitrogens is 2. The number of unbranched alkanes of at least 4 members (excludes halogenated alkanes) is 5. The number of aromatic amines is 2. The highest BCUT2D eigenvalue weighted by molar-refractivity contribution is 5.94. The van der Waals surface area contributed by atoms with Gasteiger partial charge < -0.3 is 5.11 Å². The maximum absolute atomic E-state index is 12.2. The third kappa shape index (κ3) is 3.78. The van der Waals surface area contributed by atoms with Gasteiger partial charge in [0.15, 0.2) is 0 Å². The van der Waals surface area contributed by atoms with Crippen LogP contribution in [0.5, 0.6) is 5.75 Å². The van der Waals surface area contributed by atoms with E-state index in [1.54, 1.807) is 0 Å². The van der Waals surface area contributed by atoms with Crippen molar-refractivity contribution in [1.29, 1.82) is 0 Å². The fourth-order valence-corrected chi connectivity index (χ4v) is 3.39. The molecule has 1 heterocycles. The van der Waals surface area contributed by atoms with Gasteiger partial charge in [0.1, 0.15) is 5.75 Å². The van der Waals surface area contributed by atoms with Crippen LogP contribution in [0.15, 0.2) is 41.2 Å². The standard InChI is InChI=1S/C21H26N2O2/c1-2-3-4-5-6-7-12-18-19(22-23-21(18)25)17-14-13-15-10-8-9-11-16(15)20(17)24/h8-11,13-14,24H,2-7,12H2,1H3,(H2,22,23,25). The lowest BCUT2D eigenvalue weighted by Gasteiger charge is -2.08. The first-order chi connectivity index (χ1) is 12.2. The average molecular weight is 338 g/mol. The van der Waals surface area contributed by atoms with Gasteiger partial charge in [-0.15, -0.1) is 0 Å². The van der Waals surface area contributed by atoms with E-state index < -0.39 is 0 Å². The molecular formula is C21H26N2O2. The van der Waals surface area contributed by atoms with Gasteiger partial charge in [0, 0.05) is 16.5 Å². The van der Waals surface area contributed by atoms with Crippen molar-refractivity contribution in [1.82, 2.24) is 10.2 Å². The topological polar surface area (TPSA) is 68.9 Å². The zero-order valence-corrected chi connectivity index (χ0v) is 14.8. The van der Waals surface area contributed by atoms with Crippen LogP contribution >= 0.6 is 0 Å². The van der Waals surface area contributed by atoms with Gasteiger partial charge in [-0.2, -0.15) is 0 Å². The van der Waals surface area contributed by atoms with E-state index in [9.17, 15) is 9.90 Å². The van der Waals surface area contributed by atoms with Gasteiger partial charge in [-0.25, -0.2) is 0 Å². The Morgan fingerprint density at radius 1 is 0.920 bits per heavy atom. The molecule has 0 aliphatic heterocycles. The molecule has 0 saturated heterocycles. The van der Waals surface area contributed by atoms with Crippen LogP contribution in [0.25, 0.3) is 22.0 Å². The van der Waals surface area contributed by atoms with Crippen molar-refractivity contribution in [3.8, 4) is 17.0 Å². The molecule has 4 heteroatoms. The highest BCUT2D eigenvalue weighted by Gasteiger charge is 2.16. The fourth-order valence-electron chi connectivity index (χ4n) is 3.39. The first-order valence-electron chi connectivity index (χ1n) is 9.23. The molecule has 3 aromatic rings. The number of phenols is 1. The zero-order chi connectivity index (χ0) is 17.6. The Bertz CT molecular complexity index is 892. The van der Waals surface area contributed by atoms with Crippen molar-refractivity contribution < 1.29 is 5.11 Å². The van der Waals surface area contributed by atoms with Gasteiger partial charge in [0.05, 0.1) is 5.69 Å². The highest BCUT2D eigenvalue weighted by atomic mass is 16.3. The lowest BCUT2D eigenvalue weighted by Crippen LogP contribution is -2.06. The summed E-state index contributed by atoms with van der Waals surface area (Å²) in [4.78, 5) is 12.2. The quantitative estimate of drug-likeness (QED) is 0.498. The van der Waals surface area contributed by atoms with E-state index in [1.807, 2.05) is 36.4 Å². The number of fused-ring (bicyclic) bond motifs is 1. The van der Waals surface area contributed by atoms with Gasteiger partial charge in [-0.05, 0) is 24.3 Å². The minimum atomic E-state index is -0.0869. The lowest BCUT2D eigenvalue weighted by molar-refractivity contribution is 0.483. The molecule has 132 valence electrons. The fraction of sp³-hybridized carbons (Fsp3) is 0.381. The maximum Gasteiger partial charge on any atom is 0.267 e. The Labute approximate surface area is 147 Å². The Kier molecular flexibility index (Phi) is 5.59. The Balaban J connectivity index is 1.82. The summed E-state index contributed by atoms with van der Waals surface area (Å²) in [5.41, 5.74) is 2.04. The van der Waals surface area contributed by atoms with Crippen molar-refractivity contribution in [3.63, 3.8) is 0 Å². The zero-order valence-electron chi connectivity index (χ0n) is 14.8. The van der Waals surface area contributed by atoms with Crippen molar-refractivity contribution in [2.24, 2.45) is 0 Å². The molecule has 0 unspecified atom stereocenters. The number of hydrogen-bond acceptors (Lipinski definition) is 2. The second kappa shape index (κ2) is 8.06. The predicted octanol–water partition coefficient (Wildman–Crippen LogP) is 5.13. The van der Waals surface area contributed by atoms with E-state index in [4.69, 9.17) is 0 Å². The number of benzene rings is 2. The van der Waals surface area contributed by atoms with Crippen molar-refractivity contribution in [3.05, 3.63) is 52.3 Å². The van der Waals surface area contributed by atoms with Crippen LogP contribution in [-0.4, -0.2) is 15.3 Å². The first-order valence-corrected chi connectivity index (χ1v) is 9.23. The maximum atomic E-state index is 12.2. The van der Waals surface area contributed by atoms with Gasteiger partial charge in [-0.3, -0.25) is 15.0 Å². The van der Waals surface area contributed by atoms with Crippen LogP contribution in [0.3, 0.4) is 0 Å². The van der Waals surface area contributed by atoms with Crippen LogP contribution in [0, 0.1) is 0 Å². The molecule has 0 aliphatic rings. The largest absolute Gasteiger partial charge is 0.507 e. The molecule has 1 aromatic heterocycles. The van der Waals surface area contributed by atoms with E-state index in [-0.39, 0.29) is 11.3 Å². The van der Waals surface area contributed by atoms with Crippen LogP contribution < -0.4 is 5.56 Å². The summed E-state index contributed by atoms with van der Waals surface area (Å²) >= 11 is 0. The summed E-state index contributed by atoms with van der Waals surface area (Å²) in [6.07, 6.45) is 7.85. The molecule has 0 fully saturated rings. The molecule has 25 heavy (non-hydrogen) atoms. The molecule has 0 radical (unpaired) electrons. The molecule has 0 aliphatic carbocycles. The third-order valence-electron chi connectivity index (χ3n) is 4.83. The molecular weight excluding hydrogens is 312 g/mol. The molecule has 2 aromatic carbocycles. The smallest absolute Gasteiger partial charge is 0.267 e. The number of hydrogen-bond donors (Lipinski definition) is 3. The Morgan fingerprint density at radius 3 is 2.52 bits per heavy atom. The molecule has 0 amide bonds. The normalized spacial score (nSPS) is 11.2. The van der Waals surface area contributed by atoms with E-state index in [0.717, 1.165) is 35.6 Å². The summed E-state index contributed by atoms with van der Waals surface area (Å²) in [7, 11) is 0. The lowest BCUT2D eigenvalue weighted by atomic mass is 9.98. The van der Waals surface area contributed by atoms with Crippen LogP contribution in [-0.2, 0) is 6.42 Å². The van der Waals surface area contributed by atoms with Gasteiger partial charge in [-0.1, -0.05) is 69.4 Å². The predicted molar refractivity (Wildman–Crippen MR) is 103 cm³/mol. The summed E-state index contributed by atoms with van der Waals surface area (Å²) in [6, 6.07) is 11.6. The molecule has 0 spiro atoms. The van der Waals surface area contributed by atoms with Crippen LogP contribution in [0.2, 0.25) is 0 Å². The second-order valence-electron chi connectivity index (χ2n) is 6.63. The highest BCUT2D eigenvalue weighted by Crippen LogP contribution is 2.35.